The molecule has 2 rings (SSSR count). The van der Waals surface area contributed by atoms with E-state index in [1.54, 1.807) is 11.3 Å². The van der Waals surface area contributed by atoms with Gasteiger partial charge in [-0.2, -0.15) is 0 Å². The van der Waals surface area contributed by atoms with E-state index in [4.69, 9.17) is 5.73 Å². The van der Waals surface area contributed by atoms with E-state index in [9.17, 15) is 0 Å². The minimum absolute atomic E-state index is 0.414. The van der Waals surface area contributed by atoms with Crippen LogP contribution in [0.5, 0.6) is 0 Å². The maximum Gasteiger partial charge on any atom is 0.109 e. The monoisotopic (exact) mass is 239 g/mol. The highest BCUT2D eigenvalue weighted by molar-refractivity contribution is 7.09. The summed E-state index contributed by atoms with van der Waals surface area (Å²) in [7, 11) is 2.21. The SMILES string of the molecule is CC(c1nccs1)N(C)C1CCCC1CN. The number of rotatable bonds is 4. The van der Waals surface area contributed by atoms with Crippen molar-refractivity contribution in [2.45, 2.75) is 38.3 Å². The van der Waals surface area contributed by atoms with Crippen molar-refractivity contribution < 1.29 is 0 Å². The molecule has 4 heteroatoms. The zero-order chi connectivity index (χ0) is 11.5. The lowest BCUT2D eigenvalue weighted by molar-refractivity contribution is 0.152. The van der Waals surface area contributed by atoms with Crippen molar-refractivity contribution in [2.75, 3.05) is 13.6 Å². The van der Waals surface area contributed by atoms with E-state index < -0.39 is 0 Å². The first-order valence-electron chi connectivity index (χ1n) is 6.05. The summed E-state index contributed by atoms with van der Waals surface area (Å²) in [6, 6.07) is 1.06. The van der Waals surface area contributed by atoms with Crippen LogP contribution in [0.3, 0.4) is 0 Å². The molecule has 0 bridgehead atoms. The van der Waals surface area contributed by atoms with Gasteiger partial charge < -0.3 is 5.73 Å². The van der Waals surface area contributed by atoms with Gasteiger partial charge in [-0.25, -0.2) is 4.98 Å². The van der Waals surface area contributed by atoms with Gasteiger partial charge in [0.15, 0.2) is 0 Å². The van der Waals surface area contributed by atoms with Gasteiger partial charge in [-0.3, -0.25) is 4.90 Å². The van der Waals surface area contributed by atoms with Gasteiger partial charge in [0.05, 0.1) is 6.04 Å². The van der Waals surface area contributed by atoms with Crippen LogP contribution in [0.4, 0.5) is 0 Å². The smallest absolute Gasteiger partial charge is 0.109 e. The van der Waals surface area contributed by atoms with Crippen LogP contribution < -0.4 is 5.73 Å². The minimum atomic E-state index is 0.414. The lowest BCUT2D eigenvalue weighted by atomic mass is 10.0. The molecular formula is C12H21N3S. The van der Waals surface area contributed by atoms with E-state index in [1.807, 2.05) is 6.20 Å². The van der Waals surface area contributed by atoms with Gasteiger partial charge >= 0.3 is 0 Å². The lowest BCUT2D eigenvalue weighted by Gasteiger charge is -2.33. The maximum atomic E-state index is 5.84. The molecule has 0 amide bonds. The predicted octanol–water partition coefficient (Wildman–Crippen LogP) is 2.26. The van der Waals surface area contributed by atoms with E-state index in [1.165, 1.54) is 24.3 Å². The fourth-order valence-electron chi connectivity index (χ4n) is 2.73. The number of hydrogen-bond acceptors (Lipinski definition) is 4. The van der Waals surface area contributed by atoms with Crippen molar-refractivity contribution in [1.29, 1.82) is 0 Å². The lowest BCUT2D eigenvalue weighted by Crippen LogP contribution is -2.39. The van der Waals surface area contributed by atoms with Crippen molar-refractivity contribution in [3.05, 3.63) is 16.6 Å². The molecule has 3 atom stereocenters. The summed E-state index contributed by atoms with van der Waals surface area (Å²) in [5.74, 6) is 0.674. The van der Waals surface area contributed by atoms with E-state index in [0.29, 0.717) is 18.0 Å². The third-order valence-corrected chi connectivity index (χ3v) is 4.81. The molecule has 3 unspecified atom stereocenters. The number of nitrogens with zero attached hydrogens (tertiary/aromatic N) is 2. The van der Waals surface area contributed by atoms with Gasteiger partial charge in [0, 0.05) is 17.6 Å². The Hall–Kier alpha value is -0.450. The number of nitrogens with two attached hydrogens (primary N) is 1. The molecule has 0 saturated heterocycles. The summed E-state index contributed by atoms with van der Waals surface area (Å²) in [4.78, 5) is 6.87. The Kier molecular flexibility index (Phi) is 3.95. The molecule has 1 aromatic rings. The van der Waals surface area contributed by atoms with Gasteiger partial charge in [0.2, 0.25) is 0 Å². The second-order valence-electron chi connectivity index (χ2n) is 4.71. The van der Waals surface area contributed by atoms with Crippen molar-refractivity contribution in [2.24, 2.45) is 11.7 Å². The van der Waals surface area contributed by atoms with Crippen molar-refractivity contribution in [3.8, 4) is 0 Å². The quantitative estimate of drug-likeness (QED) is 0.876. The average molecular weight is 239 g/mol. The predicted molar refractivity (Wildman–Crippen MR) is 68.5 cm³/mol. The third-order valence-electron chi connectivity index (χ3n) is 3.86. The standard InChI is InChI=1S/C12H21N3S/c1-9(12-14-6-7-16-12)15(2)11-5-3-4-10(11)8-13/h6-7,9-11H,3-5,8,13H2,1-2H3. The van der Waals surface area contributed by atoms with E-state index in [-0.39, 0.29) is 0 Å². The average Bonchev–Trinajstić information content (AvgIpc) is 2.97. The summed E-state index contributed by atoms with van der Waals surface area (Å²) in [6.45, 7) is 3.06. The first kappa shape index (κ1) is 12.0. The Labute approximate surface area is 102 Å². The highest BCUT2D eigenvalue weighted by Gasteiger charge is 2.32. The van der Waals surface area contributed by atoms with Crippen molar-refractivity contribution in [1.82, 2.24) is 9.88 Å². The van der Waals surface area contributed by atoms with Gasteiger partial charge in [-0.15, -0.1) is 11.3 Å². The summed E-state index contributed by atoms with van der Waals surface area (Å²) >= 11 is 1.74. The molecule has 0 radical (unpaired) electrons. The minimum Gasteiger partial charge on any atom is -0.330 e. The Morgan fingerprint density at radius 3 is 3.06 bits per heavy atom. The van der Waals surface area contributed by atoms with Gasteiger partial charge in [-0.1, -0.05) is 6.42 Å². The number of aromatic nitrogens is 1. The van der Waals surface area contributed by atoms with Crippen molar-refractivity contribution >= 4 is 11.3 Å². The fourth-order valence-corrected chi connectivity index (χ4v) is 3.48. The van der Waals surface area contributed by atoms with Gasteiger partial charge in [0.25, 0.3) is 0 Å². The molecule has 0 aromatic carbocycles. The van der Waals surface area contributed by atoms with Crippen LogP contribution in [-0.4, -0.2) is 29.5 Å². The summed E-state index contributed by atoms with van der Waals surface area (Å²) in [5.41, 5.74) is 5.84. The van der Waals surface area contributed by atoms with Crippen LogP contribution in [0.2, 0.25) is 0 Å². The normalized spacial score (nSPS) is 27.5. The van der Waals surface area contributed by atoms with E-state index in [2.05, 4.69) is 29.2 Å². The topological polar surface area (TPSA) is 42.2 Å². The van der Waals surface area contributed by atoms with Crippen LogP contribution in [0.1, 0.15) is 37.2 Å². The van der Waals surface area contributed by atoms with Crippen molar-refractivity contribution in [3.63, 3.8) is 0 Å². The molecule has 2 N–H and O–H groups in total. The molecule has 1 aliphatic rings. The molecule has 0 spiro atoms. The fraction of sp³-hybridized carbons (Fsp3) is 0.750. The molecule has 1 saturated carbocycles. The first-order chi connectivity index (χ1) is 7.74. The number of hydrogen-bond donors (Lipinski definition) is 1. The molecule has 1 heterocycles. The van der Waals surface area contributed by atoms with Crippen LogP contribution in [0.15, 0.2) is 11.6 Å². The maximum absolute atomic E-state index is 5.84. The molecule has 90 valence electrons. The van der Waals surface area contributed by atoms with Crippen LogP contribution in [0.25, 0.3) is 0 Å². The Bertz CT molecular complexity index is 312. The molecule has 1 aromatic heterocycles. The largest absolute Gasteiger partial charge is 0.330 e. The Morgan fingerprint density at radius 1 is 1.62 bits per heavy atom. The first-order valence-corrected chi connectivity index (χ1v) is 6.93. The highest BCUT2D eigenvalue weighted by Crippen LogP contribution is 2.33. The zero-order valence-corrected chi connectivity index (χ0v) is 10.9. The third kappa shape index (κ3) is 2.29. The zero-order valence-electron chi connectivity index (χ0n) is 10.1. The molecule has 1 fully saturated rings. The second-order valence-corrected chi connectivity index (χ2v) is 5.63. The van der Waals surface area contributed by atoms with Gasteiger partial charge in [0.1, 0.15) is 5.01 Å². The van der Waals surface area contributed by atoms with Gasteiger partial charge in [-0.05, 0) is 39.3 Å². The van der Waals surface area contributed by atoms with E-state index in [0.717, 1.165) is 6.54 Å². The molecule has 3 nitrogen and oxygen atoms in total. The highest BCUT2D eigenvalue weighted by atomic mass is 32.1. The van der Waals surface area contributed by atoms with Crippen LogP contribution in [-0.2, 0) is 0 Å². The molecule has 0 aliphatic heterocycles. The van der Waals surface area contributed by atoms with Crippen LogP contribution >= 0.6 is 11.3 Å². The summed E-state index contributed by atoms with van der Waals surface area (Å²) < 4.78 is 0. The molecular weight excluding hydrogens is 218 g/mol. The molecule has 16 heavy (non-hydrogen) atoms. The summed E-state index contributed by atoms with van der Waals surface area (Å²) in [5, 5.41) is 3.26. The second kappa shape index (κ2) is 5.25. The Balaban J connectivity index is 2.04. The Morgan fingerprint density at radius 2 is 2.44 bits per heavy atom. The van der Waals surface area contributed by atoms with Crippen LogP contribution in [0, 0.1) is 5.92 Å². The summed E-state index contributed by atoms with van der Waals surface area (Å²) in [6.07, 6.45) is 5.78. The molecule has 1 aliphatic carbocycles. The van der Waals surface area contributed by atoms with E-state index >= 15 is 0 Å². The number of thiazole rings is 1.